The van der Waals surface area contributed by atoms with Crippen LogP contribution in [0, 0.1) is 0 Å². The van der Waals surface area contributed by atoms with Crippen LogP contribution >= 0.6 is 0 Å². The third kappa shape index (κ3) is 4.73. The van der Waals surface area contributed by atoms with Gasteiger partial charge in [-0.1, -0.05) is 0 Å². The molecule has 2 aromatic carbocycles. The van der Waals surface area contributed by atoms with E-state index in [9.17, 15) is 4.79 Å². The quantitative estimate of drug-likeness (QED) is 0.487. The zero-order valence-corrected chi connectivity index (χ0v) is 15.2. The first-order valence-electron chi connectivity index (χ1n) is 8.42. The third-order valence-corrected chi connectivity index (χ3v) is 3.98. The smallest absolute Gasteiger partial charge is 0.185 e. The van der Waals surface area contributed by atoms with Crippen LogP contribution in [-0.4, -0.2) is 25.0 Å². The number of benzene rings is 2. The van der Waals surface area contributed by atoms with E-state index in [1.807, 2.05) is 36.4 Å². The van der Waals surface area contributed by atoms with Crippen LogP contribution in [0.3, 0.4) is 0 Å². The molecule has 0 spiro atoms. The first-order valence-corrected chi connectivity index (χ1v) is 8.42. The van der Waals surface area contributed by atoms with Gasteiger partial charge in [-0.15, -0.1) is 0 Å². The van der Waals surface area contributed by atoms with Crippen molar-refractivity contribution in [3.63, 3.8) is 0 Å². The number of hydrogen-bond acceptors (Lipinski definition) is 5. The van der Waals surface area contributed by atoms with Gasteiger partial charge in [-0.2, -0.15) is 0 Å². The summed E-state index contributed by atoms with van der Waals surface area (Å²) in [7, 11) is 3.22. The van der Waals surface area contributed by atoms with E-state index >= 15 is 0 Å². The number of methoxy groups -OCH3 is 2. The van der Waals surface area contributed by atoms with E-state index in [0.717, 1.165) is 17.0 Å². The molecule has 5 nitrogen and oxygen atoms in total. The van der Waals surface area contributed by atoms with E-state index in [4.69, 9.17) is 9.47 Å². The molecule has 136 valence electrons. The number of pyridine rings is 1. The van der Waals surface area contributed by atoms with Gasteiger partial charge >= 0.3 is 0 Å². The van der Waals surface area contributed by atoms with Gasteiger partial charge in [0.15, 0.2) is 5.78 Å². The first-order chi connectivity index (χ1) is 13.2. The number of anilines is 2. The fourth-order valence-electron chi connectivity index (χ4n) is 2.48. The average molecular weight is 360 g/mol. The Morgan fingerprint density at radius 2 is 1.56 bits per heavy atom. The summed E-state index contributed by atoms with van der Waals surface area (Å²) in [4.78, 5) is 16.7. The van der Waals surface area contributed by atoms with E-state index in [0.29, 0.717) is 17.1 Å². The van der Waals surface area contributed by atoms with Crippen molar-refractivity contribution in [2.75, 3.05) is 19.5 Å². The van der Waals surface area contributed by atoms with Crippen LogP contribution in [0.2, 0.25) is 0 Å². The summed E-state index contributed by atoms with van der Waals surface area (Å²) in [5.74, 6) is 2.08. The minimum absolute atomic E-state index is 0.0862. The lowest BCUT2D eigenvalue weighted by Gasteiger charge is -2.09. The van der Waals surface area contributed by atoms with Crippen LogP contribution in [0.5, 0.6) is 11.5 Å². The van der Waals surface area contributed by atoms with Crippen LogP contribution < -0.4 is 14.8 Å². The summed E-state index contributed by atoms with van der Waals surface area (Å²) in [5.41, 5.74) is 2.29. The second kappa shape index (κ2) is 8.67. The highest BCUT2D eigenvalue weighted by molar-refractivity contribution is 6.07. The van der Waals surface area contributed by atoms with Crippen molar-refractivity contribution in [3.05, 3.63) is 84.1 Å². The van der Waals surface area contributed by atoms with E-state index < -0.39 is 0 Å². The van der Waals surface area contributed by atoms with Gasteiger partial charge in [-0.25, -0.2) is 4.98 Å². The lowest BCUT2D eigenvalue weighted by atomic mass is 10.1. The lowest BCUT2D eigenvalue weighted by molar-refractivity contribution is 0.104. The number of carbonyl (C=O) groups excluding carboxylic acids is 1. The number of nitrogens with zero attached hydrogens (tertiary/aromatic N) is 1. The van der Waals surface area contributed by atoms with Crippen molar-refractivity contribution >= 4 is 23.4 Å². The van der Waals surface area contributed by atoms with Gasteiger partial charge < -0.3 is 14.8 Å². The largest absolute Gasteiger partial charge is 0.497 e. The maximum atomic E-state index is 12.4. The molecule has 0 atom stereocenters. The monoisotopic (exact) mass is 360 g/mol. The Morgan fingerprint density at radius 1 is 0.926 bits per heavy atom. The molecule has 3 aromatic rings. The fraction of sp³-hybridized carbons (Fsp3) is 0.0909. The number of allylic oxidation sites excluding steroid dienone is 1. The van der Waals surface area contributed by atoms with Crippen molar-refractivity contribution in [3.8, 4) is 11.5 Å². The molecule has 0 aliphatic carbocycles. The first kappa shape index (κ1) is 18.2. The van der Waals surface area contributed by atoms with Crippen molar-refractivity contribution in [2.24, 2.45) is 0 Å². The van der Waals surface area contributed by atoms with Gasteiger partial charge in [0, 0.05) is 23.0 Å². The molecule has 1 heterocycles. The van der Waals surface area contributed by atoms with E-state index in [1.54, 1.807) is 50.8 Å². The van der Waals surface area contributed by atoms with Crippen LogP contribution in [0.1, 0.15) is 15.9 Å². The Morgan fingerprint density at radius 3 is 2.19 bits per heavy atom. The molecule has 0 saturated heterocycles. The highest BCUT2D eigenvalue weighted by atomic mass is 16.5. The number of ketones is 1. The highest BCUT2D eigenvalue weighted by Gasteiger charge is 2.05. The Kier molecular flexibility index (Phi) is 5.84. The van der Waals surface area contributed by atoms with Gasteiger partial charge in [-0.05, 0) is 72.8 Å². The third-order valence-electron chi connectivity index (χ3n) is 3.98. The minimum Gasteiger partial charge on any atom is -0.497 e. The van der Waals surface area contributed by atoms with Gasteiger partial charge in [0.25, 0.3) is 0 Å². The second-order valence-electron chi connectivity index (χ2n) is 5.72. The topological polar surface area (TPSA) is 60.5 Å². The normalized spacial score (nSPS) is 10.6. The minimum atomic E-state index is -0.0862. The molecular weight excluding hydrogens is 340 g/mol. The molecule has 5 heteroatoms. The highest BCUT2D eigenvalue weighted by Crippen LogP contribution is 2.22. The van der Waals surface area contributed by atoms with Crippen LogP contribution in [0.4, 0.5) is 11.5 Å². The molecule has 1 N–H and O–H groups in total. The number of hydrogen-bond donors (Lipinski definition) is 1. The van der Waals surface area contributed by atoms with Crippen molar-refractivity contribution in [2.45, 2.75) is 0 Å². The predicted octanol–water partition coefficient (Wildman–Crippen LogP) is 4.74. The Bertz CT molecular complexity index is 933. The average Bonchev–Trinajstić information content (AvgIpc) is 2.73. The number of nitrogens with one attached hydrogen (secondary N) is 1. The number of ether oxygens (including phenoxy) is 2. The molecule has 0 bridgehead atoms. The molecule has 3 rings (SSSR count). The molecule has 27 heavy (non-hydrogen) atoms. The Labute approximate surface area is 158 Å². The summed E-state index contributed by atoms with van der Waals surface area (Å²) in [6, 6.07) is 18.3. The zero-order valence-electron chi connectivity index (χ0n) is 15.2. The van der Waals surface area contributed by atoms with Gasteiger partial charge in [0.05, 0.1) is 14.2 Å². The van der Waals surface area contributed by atoms with Crippen molar-refractivity contribution in [1.29, 1.82) is 0 Å². The molecule has 0 unspecified atom stereocenters. The SMILES string of the molecule is COc1ccc(Nc2ncccc2C=CC(=O)c2ccc(OC)cc2)cc1. The molecule has 0 radical (unpaired) electrons. The van der Waals surface area contributed by atoms with Crippen LogP contribution in [0.15, 0.2) is 72.9 Å². The summed E-state index contributed by atoms with van der Waals surface area (Å²) < 4.78 is 10.3. The summed E-state index contributed by atoms with van der Waals surface area (Å²) in [6.45, 7) is 0. The zero-order chi connectivity index (χ0) is 19.1. The molecule has 1 aromatic heterocycles. The van der Waals surface area contributed by atoms with Gasteiger partial charge in [0.2, 0.25) is 0 Å². The lowest BCUT2D eigenvalue weighted by Crippen LogP contribution is -1.97. The molecular formula is C22H20N2O3. The fourth-order valence-corrected chi connectivity index (χ4v) is 2.48. The second-order valence-corrected chi connectivity index (χ2v) is 5.72. The van der Waals surface area contributed by atoms with Crippen LogP contribution in [0.25, 0.3) is 6.08 Å². The maximum absolute atomic E-state index is 12.4. The molecule has 0 saturated carbocycles. The van der Waals surface area contributed by atoms with E-state index in [1.165, 1.54) is 6.08 Å². The van der Waals surface area contributed by atoms with Crippen molar-refractivity contribution in [1.82, 2.24) is 4.98 Å². The summed E-state index contributed by atoms with van der Waals surface area (Å²) in [6.07, 6.45) is 5.00. The molecule has 0 fully saturated rings. The van der Waals surface area contributed by atoms with E-state index in [2.05, 4.69) is 10.3 Å². The van der Waals surface area contributed by atoms with Crippen molar-refractivity contribution < 1.29 is 14.3 Å². The predicted molar refractivity (Wildman–Crippen MR) is 107 cm³/mol. The molecule has 0 aliphatic heterocycles. The number of rotatable bonds is 7. The standard InChI is InChI=1S/C22H20N2O3/c1-26-19-10-5-16(6-11-19)21(25)14-7-17-4-3-15-23-22(17)24-18-8-12-20(27-2)13-9-18/h3-15H,1-2H3,(H,23,24). The summed E-state index contributed by atoms with van der Waals surface area (Å²) >= 11 is 0. The summed E-state index contributed by atoms with van der Waals surface area (Å²) in [5, 5.41) is 3.26. The van der Waals surface area contributed by atoms with Crippen LogP contribution in [-0.2, 0) is 0 Å². The Balaban J connectivity index is 1.76. The number of aromatic nitrogens is 1. The van der Waals surface area contributed by atoms with Gasteiger partial charge in [0.1, 0.15) is 17.3 Å². The van der Waals surface area contributed by atoms with E-state index in [-0.39, 0.29) is 5.78 Å². The number of carbonyl (C=O) groups is 1. The molecule has 0 aliphatic rings. The van der Waals surface area contributed by atoms with Gasteiger partial charge in [-0.3, -0.25) is 4.79 Å². The molecule has 0 amide bonds. The maximum Gasteiger partial charge on any atom is 0.185 e. The Hall–Kier alpha value is -3.60.